The molecule has 2 N–H and O–H groups in total. The molecule has 0 saturated heterocycles. The maximum absolute atomic E-state index is 5.72. The second-order valence-corrected chi connectivity index (χ2v) is 7.16. The van der Waals surface area contributed by atoms with Gasteiger partial charge in [-0.2, -0.15) is 0 Å². The highest BCUT2D eigenvalue weighted by molar-refractivity contribution is 5.56. The van der Waals surface area contributed by atoms with Crippen molar-refractivity contribution < 1.29 is 0 Å². The van der Waals surface area contributed by atoms with Crippen LogP contribution >= 0.6 is 0 Å². The van der Waals surface area contributed by atoms with Crippen LogP contribution < -0.4 is 10.6 Å². The second kappa shape index (κ2) is 5.54. The van der Waals surface area contributed by atoms with Gasteiger partial charge in [0.1, 0.15) is 0 Å². The van der Waals surface area contributed by atoms with Crippen molar-refractivity contribution in [2.24, 2.45) is 5.73 Å². The first-order chi connectivity index (χ1) is 8.59. The van der Waals surface area contributed by atoms with Crippen LogP contribution in [0.5, 0.6) is 0 Å². The van der Waals surface area contributed by atoms with E-state index in [2.05, 4.69) is 71.7 Å². The molecule has 1 aromatic carbocycles. The Morgan fingerprint density at radius 3 is 2.11 bits per heavy atom. The molecule has 1 rings (SSSR count). The van der Waals surface area contributed by atoms with Crippen LogP contribution in [0.1, 0.15) is 52.2 Å². The fourth-order valence-electron chi connectivity index (χ4n) is 2.35. The number of nitrogens with zero attached hydrogens (tertiary/aromatic N) is 1. The molecule has 19 heavy (non-hydrogen) atoms. The number of aryl methyl sites for hydroxylation is 1. The summed E-state index contributed by atoms with van der Waals surface area (Å²) in [5, 5.41) is 0. The third-order valence-electron chi connectivity index (χ3n) is 4.09. The van der Waals surface area contributed by atoms with Crippen molar-refractivity contribution in [1.82, 2.24) is 0 Å². The zero-order valence-electron chi connectivity index (χ0n) is 13.7. The number of benzene rings is 1. The van der Waals surface area contributed by atoms with E-state index in [0.29, 0.717) is 0 Å². The van der Waals surface area contributed by atoms with Crippen molar-refractivity contribution in [3.05, 3.63) is 29.3 Å². The van der Waals surface area contributed by atoms with E-state index in [4.69, 9.17) is 5.73 Å². The lowest BCUT2D eigenvalue weighted by atomic mass is 9.85. The first-order valence-electron chi connectivity index (χ1n) is 7.14. The van der Waals surface area contributed by atoms with Gasteiger partial charge < -0.3 is 10.6 Å². The number of nitrogens with two attached hydrogens (primary N) is 1. The molecule has 0 bridgehead atoms. The average molecular weight is 262 g/mol. The summed E-state index contributed by atoms with van der Waals surface area (Å²) in [4.78, 5) is 2.35. The molecule has 0 unspecified atom stereocenters. The summed E-state index contributed by atoms with van der Waals surface area (Å²) in [6.45, 7) is 14.2. The normalized spacial score (nSPS) is 12.6. The number of rotatable bonds is 4. The summed E-state index contributed by atoms with van der Waals surface area (Å²) < 4.78 is 0. The standard InChI is InChI=1S/C17H30N2/c1-13-12-14(16(2,3)4)8-9-15(13)19(7)17(5,6)10-11-18/h8-9,12H,10-11,18H2,1-7H3. The van der Waals surface area contributed by atoms with Gasteiger partial charge in [-0.1, -0.05) is 32.9 Å². The molecule has 1 aromatic rings. The lowest BCUT2D eigenvalue weighted by Crippen LogP contribution is -2.43. The molecule has 0 amide bonds. The number of anilines is 1. The largest absolute Gasteiger partial charge is 0.369 e. The average Bonchev–Trinajstić information content (AvgIpc) is 2.26. The summed E-state index contributed by atoms with van der Waals surface area (Å²) in [6, 6.07) is 6.80. The van der Waals surface area contributed by atoms with Crippen LogP contribution in [0.4, 0.5) is 5.69 Å². The predicted molar refractivity (Wildman–Crippen MR) is 86.0 cm³/mol. The van der Waals surface area contributed by atoms with Crippen LogP contribution in [0, 0.1) is 6.92 Å². The van der Waals surface area contributed by atoms with Crippen molar-refractivity contribution >= 4 is 5.69 Å². The topological polar surface area (TPSA) is 29.3 Å². The van der Waals surface area contributed by atoms with Crippen LogP contribution in [-0.4, -0.2) is 19.1 Å². The maximum Gasteiger partial charge on any atom is 0.0397 e. The molecule has 0 fully saturated rings. The van der Waals surface area contributed by atoms with Gasteiger partial charge in [0, 0.05) is 18.3 Å². The highest BCUT2D eigenvalue weighted by atomic mass is 15.2. The fraction of sp³-hybridized carbons (Fsp3) is 0.647. The van der Waals surface area contributed by atoms with E-state index < -0.39 is 0 Å². The smallest absolute Gasteiger partial charge is 0.0397 e. The maximum atomic E-state index is 5.72. The molecule has 0 aliphatic rings. The minimum atomic E-state index is 0.0861. The highest BCUT2D eigenvalue weighted by Crippen LogP contribution is 2.31. The summed E-state index contributed by atoms with van der Waals surface area (Å²) >= 11 is 0. The van der Waals surface area contributed by atoms with Gasteiger partial charge in [0.05, 0.1) is 0 Å². The van der Waals surface area contributed by atoms with E-state index in [9.17, 15) is 0 Å². The van der Waals surface area contributed by atoms with E-state index in [1.165, 1.54) is 16.8 Å². The quantitative estimate of drug-likeness (QED) is 0.893. The van der Waals surface area contributed by atoms with Gasteiger partial charge in [0.15, 0.2) is 0 Å². The van der Waals surface area contributed by atoms with Gasteiger partial charge in [-0.15, -0.1) is 0 Å². The monoisotopic (exact) mass is 262 g/mol. The Hall–Kier alpha value is -1.02. The SMILES string of the molecule is Cc1cc(C(C)(C)C)ccc1N(C)C(C)(C)CCN. The van der Waals surface area contributed by atoms with Crippen LogP contribution in [0.15, 0.2) is 18.2 Å². The lowest BCUT2D eigenvalue weighted by Gasteiger charge is -2.38. The van der Waals surface area contributed by atoms with Gasteiger partial charge in [-0.3, -0.25) is 0 Å². The Labute approximate surface area is 119 Å². The third-order valence-corrected chi connectivity index (χ3v) is 4.09. The second-order valence-electron chi connectivity index (χ2n) is 7.16. The van der Waals surface area contributed by atoms with E-state index in [1.807, 2.05) is 0 Å². The zero-order chi connectivity index (χ0) is 14.8. The molecule has 0 saturated carbocycles. The summed E-state index contributed by atoms with van der Waals surface area (Å²) in [5.74, 6) is 0. The Bertz CT molecular complexity index is 427. The van der Waals surface area contributed by atoms with Crippen LogP contribution in [-0.2, 0) is 5.41 Å². The third kappa shape index (κ3) is 3.73. The van der Waals surface area contributed by atoms with E-state index in [1.54, 1.807) is 0 Å². The Kier molecular flexibility index (Phi) is 4.67. The lowest BCUT2D eigenvalue weighted by molar-refractivity contribution is 0.455. The van der Waals surface area contributed by atoms with Crippen molar-refractivity contribution in [2.75, 3.05) is 18.5 Å². The number of hydrogen-bond acceptors (Lipinski definition) is 2. The first kappa shape index (κ1) is 16.0. The Morgan fingerprint density at radius 2 is 1.68 bits per heavy atom. The Morgan fingerprint density at radius 1 is 1.11 bits per heavy atom. The molecule has 2 heteroatoms. The Balaban J connectivity index is 3.10. The zero-order valence-corrected chi connectivity index (χ0v) is 13.7. The van der Waals surface area contributed by atoms with Crippen LogP contribution in [0.3, 0.4) is 0 Å². The fourth-order valence-corrected chi connectivity index (χ4v) is 2.35. The first-order valence-corrected chi connectivity index (χ1v) is 7.14. The van der Waals surface area contributed by atoms with E-state index >= 15 is 0 Å². The summed E-state index contributed by atoms with van der Waals surface area (Å²) in [5.41, 5.74) is 10.0. The molecule has 0 aromatic heterocycles. The van der Waals surface area contributed by atoms with Gasteiger partial charge in [0.2, 0.25) is 0 Å². The predicted octanol–water partition coefficient (Wildman–Crippen LogP) is 3.86. The molecular formula is C17H30N2. The summed E-state index contributed by atoms with van der Waals surface area (Å²) in [6.07, 6.45) is 0.990. The summed E-state index contributed by atoms with van der Waals surface area (Å²) in [7, 11) is 2.16. The van der Waals surface area contributed by atoms with Gasteiger partial charge >= 0.3 is 0 Å². The van der Waals surface area contributed by atoms with Gasteiger partial charge in [-0.05, 0) is 56.3 Å². The molecule has 0 atom stereocenters. The van der Waals surface area contributed by atoms with E-state index in [-0.39, 0.29) is 11.0 Å². The van der Waals surface area contributed by atoms with Crippen LogP contribution in [0.2, 0.25) is 0 Å². The van der Waals surface area contributed by atoms with Crippen molar-refractivity contribution in [1.29, 1.82) is 0 Å². The highest BCUT2D eigenvalue weighted by Gasteiger charge is 2.24. The van der Waals surface area contributed by atoms with Crippen molar-refractivity contribution in [3.63, 3.8) is 0 Å². The van der Waals surface area contributed by atoms with E-state index in [0.717, 1.165) is 13.0 Å². The minimum absolute atomic E-state index is 0.0861. The molecule has 0 aliphatic heterocycles. The van der Waals surface area contributed by atoms with Gasteiger partial charge in [-0.25, -0.2) is 0 Å². The molecule has 0 spiro atoms. The molecule has 2 nitrogen and oxygen atoms in total. The van der Waals surface area contributed by atoms with Crippen molar-refractivity contribution in [2.45, 2.75) is 58.9 Å². The molecule has 0 heterocycles. The van der Waals surface area contributed by atoms with Gasteiger partial charge in [0.25, 0.3) is 0 Å². The molecule has 0 aliphatic carbocycles. The molecule has 0 radical (unpaired) electrons. The molecular weight excluding hydrogens is 232 g/mol. The number of hydrogen-bond donors (Lipinski definition) is 1. The van der Waals surface area contributed by atoms with Crippen LogP contribution in [0.25, 0.3) is 0 Å². The van der Waals surface area contributed by atoms with Crippen molar-refractivity contribution in [3.8, 4) is 0 Å². The minimum Gasteiger partial charge on any atom is -0.369 e. The molecule has 108 valence electrons.